The molecule has 0 unspecified atom stereocenters. The maximum atomic E-state index is 13.6. The Hall–Kier alpha value is -1.55. The quantitative estimate of drug-likeness (QED) is 0.762. The van der Waals surface area contributed by atoms with Crippen LogP contribution in [0, 0.1) is 18.6 Å². The average molecular weight is 325 g/mol. The first-order chi connectivity index (χ1) is 8.97. The van der Waals surface area contributed by atoms with Crippen molar-refractivity contribution in [1.29, 1.82) is 0 Å². The van der Waals surface area contributed by atoms with Crippen LogP contribution in [-0.2, 0) is 6.42 Å². The van der Waals surface area contributed by atoms with Gasteiger partial charge in [-0.25, -0.2) is 8.78 Å². The first kappa shape index (κ1) is 13.9. The molecule has 0 aliphatic carbocycles. The van der Waals surface area contributed by atoms with Crippen LogP contribution in [0.4, 0.5) is 8.78 Å². The highest BCUT2D eigenvalue weighted by Crippen LogP contribution is 2.19. The molecule has 0 atom stereocenters. The summed E-state index contributed by atoms with van der Waals surface area (Å²) in [5, 5.41) is 0. The van der Waals surface area contributed by atoms with Gasteiger partial charge in [0, 0.05) is 16.5 Å². The van der Waals surface area contributed by atoms with E-state index >= 15 is 0 Å². The molecule has 4 heteroatoms. The Morgan fingerprint density at radius 1 is 1.16 bits per heavy atom. The molecule has 0 aliphatic rings. The van der Waals surface area contributed by atoms with Gasteiger partial charge in [-0.05, 0) is 54.4 Å². The molecule has 2 aromatic rings. The van der Waals surface area contributed by atoms with E-state index in [0.29, 0.717) is 21.2 Å². The van der Waals surface area contributed by atoms with Gasteiger partial charge in [0.1, 0.15) is 11.6 Å². The normalized spacial score (nSPS) is 10.5. The zero-order chi connectivity index (χ0) is 14.0. The van der Waals surface area contributed by atoms with E-state index < -0.39 is 5.82 Å². The Morgan fingerprint density at radius 3 is 2.58 bits per heavy atom. The van der Waals surface area contributed by atoms with Gasteiger partial charge in [0.25, 0.3) is 0 Å². The topological polar surface area (TPSA) is 17.1 Å². The smallest absolute Gasteiger partial charge is 0.167 e. The molecule has 0 aliphatic heterocycles. The first-order valence-electron chi connectivity index (χ1n) is 5.70. The Labute approximate surface area is 118 Å². The lowest BCUT2D eigenvalue weighted by atomic mass is 9.99. The van der Waals surface area contributed by atoms with Gasteiger partial charge in [-0.15, -0.1) is 0 Å². The molecule has 0 radical (unpaired) electrons. The fraction of sp³-hybridized carbons (Fsp3) is 0.133. The van der Waals surface area contributed by atoms with E-state index in [1.54, 1.807) is 19.1 Å². The van der Waals surface area contributed by atoms with E-state index in [2.05, 4.69) is 15.9 Å². The lowest BCUT2D eigenvalue weighted by molar-refractivity contribution is 0.0991. The van der Waals surface area contributed by atoms with Crippen molar-refractivity contribution in [2.24, 2.45) is 0 Å². The number of carbonyl (C=O) groups excluding carboxylic acids is 1. The van der Waals surface area contributed by atoms with Gasteiger partial charge >= 0.3 is 0 Å². The second-order valence-corrected chi connectivity index (χ2v) is 5.21. The van der Waals surface area contributed by atoms with Crippen LogP contribution >= 0.6 is 15.9 Å². The summed E-state index contributed by atoms with van der Waals surface area (Å²) < 4.78 is 27.3. The molecule has 2 rings (SSSR count). The molecule has 0 amide bonds. The third-order valence-electron chi connectivity index (χ3n) is 2.85. The van der Waals surface area contributed by atoms with Crippen LogP contribution < -0.4 is 0 Å². The number of aryl methyl sites for hydroxylation is 1. The van der Waals surface area contributed by atoms with Crippen LogP contribution in [0.25, 0.3) is 0 Å². The predicted molar refractivity (Wildman–Crippen MR) is 73.3 cm³/mol. The predicted octanol–water partition coefficient (Wildman–Crippen LogP) is 4.46. The van der Waals surface area contributed by atoms with Crippen LogP contribution in [0.5, 0.6) is 0 Å². The van der Waals surface area contributed by atoms with Gasteiger partial charge in [0.05, 0.1) is 0 Å². The number of ketones is 1. The summed E-state index contributed by atoms with van der Waals surface area (Å²) in [4.78, 5) is 12.1. The lowest BCUT2D eigenvalue weighted by Crippen LogP contribution is -2.07. The standard InChI is InChI=1S/C15H11BrF2O/c1-9-6-12(17)3-4-13(9)15(19)8-10-7-11(16)2-5-14(10)18/h2-7H,8H2,1H3. The average Bonchev–Trinajstić information content (AvgIpc) is 2.33. The Morgan fingerprint density at radius 2 is 1.89 bits per heavy atom. The van der Waals surface area contributed by atoms with Gasteiger partial charge in [-0.3, -0.25) is 4.79 Å². The number of halogens is 3. The Balaban J connectivity index is 2.28. The van der Waals surface area contributed by atoms with E-state index in [1.807, 2.05) is 0 Å². The van der Waals surface area contributed by atoms with Crippen LogP contribution in [0.3, 0.4) is 0 Å². The number of hydrogen-bond acceptors (Lipinski definition) is 1. The van der Waals surface area contributed by atoms with Crippen molar-refractivity contribution in [1.82, 2.24) is 0 Å². The third-order valence-corrected chi connectivity index (χ3v) is 3.34. The second-order valence-electron chi connectivity index (χ2n) is 4.29. The Bertz CT molecular complexity index is 638. The zero-order valence-electron chi connectivity index (χ0n) is 10.2. The molecule has 0 heterocycles. The largest absolute Gasteiger partial charge is 0.294 e. The molecule has 2 aromatic carbocycles. The molecule has 0 saturated carbocycles. The van der Waals surface area contributed by atoms with Crippen LogP contribution in [0.15, 0.2) is 40.9 Å². The van der Waals surface area contributed by atoms with Crippen molar-refractivity contribution in [2.45, 2.75) is 13.3 Å². The van der Waals surface area contributed by atoms with Gasteiger partial charge in [0.15, 0.2) is 5.78 Å². The van der Waals surface area contributed by atoms with Crippen molar-refractivity contribution < 1.29 is 13.6 Å². The molecule has 19 heavy (non-hydrogen) atoms. The summed E-state index contributed by atoms with van der Waals surface area (Å²) in [5.41, 5.74) is 1.30. The highest BCUT2D eigenvalue weighted by molar-refractivity contribution is 9.10. The fourth-order valence-corrected chi connectivity index (χ4v) is 2.30. The molecule has 0 spiro atoms. The SMILES string of the molecule is Cc1cc(F)ccc1C(=O)Cc1cc(Br)ccc1F. The van der Waals surface area contributed by atoms with Gasteiger partial charge in [0.2, 0.25) is 0 Å². The summed E-state index contributed by atoms with van der Waals surface area (Å²) >= 11 is 3.24. The van der Waals surface area contributed by atoms with E-state index in [0.717, 1.165) is 0 Å². The van der Waals surface area contributed by atoms with Gasteiger partial charge in [-0.2, -0.15) is 0 Å². The van der Waals surface area contributed by atoms with E-state index in [-0.39, 0.29) is 18.0 Å². The molecule has 0 N–H and O–H groups in total. The second kappa shape index (κ2) is 5.61. The third kappa shape index (κ3) is 3.26. The first-order valence-corrected chi connectivity index (χ1v) is 6.50. The number of rotatable bonds is 3. The number of benzene rings is 2. The summed E-state index contributed by atoms with van der Waals surface area (Å²) in [7, 11) is 0. The van der Waals surface area contributed by atoms with Crippen molar-refractivity contribution >= 4 is 21.7 Å². The van der Waals surface area contributed by atoms with E-state index in [9.17, 15) is 13.6 Å². The Kier molecular flexibility index (Phi) is 4.10. The summed E-state index contributed by atoms with van der Waals surface area (Å²) in [5.74, 6) is -1.03. The van der Waals surface area contributed by atoms with Crippen LogP contribution in [-0.4, -0.2) is 5.78 Å². The minimum absolute atomic E-state index is 0.0439. The fourth-order valence-electron chi connectivity index (χ4n) is 1.89. The highest BCUT2D eigenvalue weighted by Gasteiger charge is 2.13. The number of carbonyl (C=O) groups is 1. The summed E-state index contributed by atoms with van der Waals surface area (Å²) in [6.45, 7) is 1.66. The lowest BCUT2D eigenvalue weighted by Gasteiger charge is -2.06. The zero-order valence-corrected chi connectivity index (χ0v) is 11.8. The molecule has 0 aromatic heterocycles. The van der Waals surface area contributed by atoms with Crippen molar-refractivity contribution in [2.75, 3.05) is 0 Å². The molecular weight excluding hydrogens is 314 g/mol. The monoisotopic (exact) mass is 324 g/mol. The van der Waals surface area contributed by atoms with Crippen molar-refractivity contribution in [3.8, 4) is 0 Å². The van der Waals surface area contributed by atoms with Gasteiger partial charge < -0.3 is 0 Å². The highest BCUT2D eigenvalue weighted by atomic mass is 79.9. The van der Waals surface area contributed by atoms with Crippen LogP contribution in [0.1, 0.15) is 21.5 Å². The van der Waals surface area contributed by atoms with Crippen molar-refractivity contribution in [3.63, 3.8) is 0 Å². The molecule has 0 bridgehead atoms. The van der Waals surface area contributed by atoms with Crippen LogP contribution in [0.2, 0.25) is 0 Å². The summed E-state index contributed by atoms with van der Waals surface area (Å²) in [6.07, 6.45) is -0.0439. The van der Waals surface area contributed by atoms with E-state index in [1.165, 1.54) is 24.3 Å². The molecule has 0 saturated heterocycles. The minimum atomic E-state index is -0.420. The molecule has 1 nitrogen and oxygen atoms in total. The minimum Gasteiger partial charge on any atom is -0.294 e. The van der Waals surface area contributed by atoms with Gasteiger partial charge in [-0.1, -0.05) is 15.9 Å². The summed E-state index contributed by atoms with van der Waals surface area (Å²) in [6, 6.07) is 8.42. The number of hydrogen-bond donors (Lipinski definition) is 0. The van der Waals surface area contributed by atoms with E-state index in [4.69, 9.17) is 0 Å². The molecule has 98 valence electrons. The molecular formula is C15H11BrF2O. The van der Waals surface area contributed by atoms with Crippen molar-refractivity contribution in [3.05, 3.63) is 69.2 Å². The maximum absolute atomic E-state index is 13.6. The molecule has 0 fully saturated rings. The number of Topliss-reactive ketones (excluding diaryl/α,β-unsaturated/α-hetero) is 1. The maximum Gasteiger partial charge on any atom is 0.167 e.